The molecule has 0 unspecified atom stereocenters. The van der Waals surface area contributed by atoms with Gasteiger partial charge < -0.3 is 16.4 Å². The monoisotopic (exact) mass is 329 g/mol. The van der Waals surface area contributed by atoms with Crippen LogP contribution in [0.3, 0.4) is 0 Å². The first kappa shape index (κ1) is 16.3. The normalized spacial score (nSPS) is 15.5. The Morgan fingerprint density at radius 1 is 1.25 bits per heavy atom. The smallest absolute Gasteiger partial charge is 0.189 e. The fourth-order valence-corrected chi connectivity index (χ4v) is 2.96. The third-order valence-electron chi connectivity index (χ3n) is 4.26. The zero-order valence-corrected chi connectivity index (χ0v) is 13.3. The molecule has 1 saturated heterocycles. The topological polar surface area (TPSA) is 98.1 Å². The molecule has 1 aliphatic rings. The lowest BCUT2D eigenvalue weighted by Gasteiger charge is -2.33. The number of anilines is 2. The van der Waals surface area contributed by atoms with Gasteiger partial charge in [0.1, 0.15) is 11.5 Å². The first-order valence-electron chi connectivity index (χ1n) is 7.93. The average molecular weight is 329 g/mol. The predicted molar refractivity (Wildman–Crippen MR) is 90.3 cm³/mol. The van der Waals surface area contributed by atoms with Crippen LogP contribution in [0.4, 0.5) is 15.9 Å². The van der Waals surface area contributed by atoms with Crippen LogP contribution >= 0.6 is 0 Å². The number of nitrogens with zero attached hydrogens (tertiary/aromatic N) is 3. The Kier molecular flexibility index (Phi) is 4.71. The van der Waals surface area contributed by atoms with E-state index in [1.165, 1.54) is 24.5 Å². The number of halogens is 1. The van der Waals surface area contributed by atoms with E-state index in [0.717, 1.165) is 31.6 Å². The highest BCUT2D eigenvalue weighted by molar-refractivity contribution is 5.99. The fourth-order valence-electron chi connectivity index (χ4n) is 2.96. The maximum Gasteiger partial charge on any atom is 0.189 e. The van der Waals surface area contributed by atoms with Crippen LogP contribution < -0.4 is 16.4 Å². The molecule has 0 aliphatic carbocycles. The molecule has 24 heavy (non-hydrogen) atoms. The SMILES string of the molecule is Nc1nccnc1C(=O)Cc1cc(F)ccc1N1CCC(N)CC1. The minimum absolute atomic E-state index is 0.0263. The Morgan fingerprint density at radius 2 is 1.96 bits per heavy atom. The largest absolute Gasteiger partial charge is 0.382 e. The Hall–Kier alpha value is -2.54. The van der Waals surface area contributed by atoms with E-state index in [1.807, 2.05) is 0 Å². The van der Waals surface area contributed by atoms with Crippen molar-refractivity contribution in [2.24, 2.45) is 5.73 Å². The van der Waals surface area contributed by atoms with E-state index in [0.29, 0.717) is 5.56 Å². The van der Waals surface area contributed by atoms with Gasteiger partial charge in [-0.05, 0) is 36.6 Å². The molecule has 1 aromatic heterocycles. The highest BCUT2D eigenvalue weighted by atomic mass is 19.1. The molecule has 0 bridgehead atoms. The number of hydrogen-bond donors (Lipinski definition) is 2. The number of hydrogen-bond acceptors (Lipinski definition) is 6. The van der Waals surface area contributed by atoms with Crippen molar-refractivity contribution in [3.8, 4) is 0 Å². The molecule has 4 N–H and O–H groups in total. The van der Waals surface area contributed by atoms with Crippen LogP contribution in [0, 0.1) is 5.82 Å². The summed E-state index contributed by atoms with van der Waals surface area (Å²) in [6, 6.07) is 4.73. The first-order valence-corrected chi connectivity index (χ1v) is 7.93. The summed E-state index contributed by atoms with van der Waals surface area (Å²) in [5.41, 5.74) is 13.3. The Bertz CT molecular complexity index is 744. The number of nitrogens with two attached hydrogens (primary N) is 2. The molecule has 0 amide bonds. The summed E-state index contributed by atoms with van der Waals surface area (Å²) in [4.78, 5) is 22.5. The number of aromatic nitrogens is 2. The second-order valence-corrected chi connectivity index (χ2v) is 5.99. The van der Waals surface area contributed by atoms with E-state index in [-0.39, 0.29) is 35.6 Å². The van der Waals surface area contributed by atoms with Crippen molar-refractivity contribution in [2.45, 2.75) is 25.3 Å². The van der Waals surface area contributed by atoms with Crippen LogP contribution in [0.5, 0.6) is 0 Å². The van der Waals surface area contributed by atoms with Crippen LogP contribution in [0.2, 0.25) is 0 Å². The Labute approximate surface area is 139 Å². The minimum Gasteiger partial charge on any atom is -0.382 e. The van der Waals surface area contributed by atoms with Crippen molar-refractivity contribution in [1.82, 2.24) is 9.97 Å². The van der Waals surface area contributed by atoms with Gasteiger partial charge >= 0.3 is 0 Å². The van der Waals surface area contributed by atoms with Gasteiger partial charge in [0, 0.05) is 43.6 Å². The molecule has 0 saturated carbocycles. The van der Waals surface area contributed by atoms with Crippen molar-refractivity contribution >= 4 is 17.3 Å². The molecule has 6 nitrogen and oxygen atoms in total. The molecule has 1 aromatic carbocycles. The molecule has 0 spiro atoms. The van der Waals surface area contributed by atoms with Gasteiger partial charge in [-0.1, -0.05) is 0 Å². The van der Waals surface area contributed by atoms with E-state index in [4.69, 9.17) is 11.5 Å². The van der Waals surface area contributed by atoms with Gasteiger partial charge in [0.15, 0.2) is 11.6 Å². The standard InChI is InChI=1S/C17H20FN5O/c18-12-1-2-14(23-7-3-13(19)4-8-23)11(9-12)10-15(24)16-17(20)22-6-5-21-16/h1-2,5-6,9,13H,3-4,7-8,10,19H2,(H2,20,22). The highest BCUT2D eigenvalue weighted by Crippen LogP contribution is 2.26. The van der Waals surface area contributed by atoms with Crippen LogP contribution in [0.15, 0.2) is 30.6 Å². The number of Topliss-reactive ketones (excluding diaryl/α,β-unsaturated/α-hetero) is 1. The zero-order chi connectivity index (χ0) is 17.1. The molecular formula is C17H20FN5O. The van der Waals surface area contributed by atoms with Gasteiger partial charge in [-0.15, -0.1) is 0 Å². The van der Waals surface area contributed by atoms with Gasteiger partial charge in [0.2, 0.25) is 0 Å². The van der Waals surface area contributed by atoms with E-state index < -0.39 is 0 Å². The second kappa shape index (κ2) is 6.92. The number of nitrogen functional groups attached to an aromatic ring is 1. The summed E-state index contributed by atoms with van der Waals surface area (Å²) in [6.07, 6.45) is 4.63. The van der Waals surface area contributed by atoms with Crippen LogP contribution in [0.1, 0.15) is 28.9 Å². The van der Waals surface area contributed by atoms with Crippen molar-refractivity contribution in [3.63, 3.8) is 0 Å². The van der Waals surface area contributed by atoms with E-state index in [1.54, 1.807) is 6.07 Å². The van der Waals surface area contributed by atoms with Gasteiger partial charge in [0.25, 0.3) is 0 Å². The van der Waals surface area contributed by atoms with E-state index in [2.05, 4.69) is 14.9 Å². The number of carbonyl (C=O) groups is 1. The fraction of sp³-hybridized carbons (Fsp3) is 0.353. The first-order chi connectivity index (χ1) is 11.5. The van der Waals surface area contributed by atoms with Crippen LogP contribution in [-0.4, -0.2) is 34.9 Å². The maximum atomic E-state index is 13.7. The van der Waals surface area contributed by atoms with Gasteiger partial charge in [0.05, 0.1) is 0 Å². The highest BCUT2D eigenvalue weighted by Gasteiger charge is 2.21. The summed E-state index contributed by atoms with van der Waals surface area (Å²) >= 11 is 0. The number of benzene rings is 1. The number of ketones is 1. The van der Waals surface area contributed by atoms with Crippen molar-refractivity contribution in [3.05, 3.63) is 47.7 Å². The molecule has 2 aromatic rings. The maximum absolute atomic E-state index is 13.7. The lowest BCUT2D eigenvalue weighted by Crippen LogP contribution is -2.40. The van der Waals surface area contributed by atoms with Crippen LogP contribution in [-0.2, 0) is 6.42 Å². The molecule has 0 radical (unpaired) electrons. The number of rotatable bonds is 4. The van der Waals surface area contributed by atoms with Gasteiger partial charge in [-0.25, -0.2) is 14.4 Å². The third-order valence-corrected chi connectivity index (χ3v) is 4.26. The molecule has 0 atom stereocenters. The second-order valence-electron chi connectivity index (χ2n) is 5.99. The summed E-state index contributed by atoms with van der Waals surface area (Å²) < 4.78 is 13.7. The zero-order valence-electron chi connectivity index (χ0n) is 13.3. The molecule has 126 valence electrons. The quantitative estimate of drug-likeness (QED) is 0.826. The summed E-state index contributed by atoms with van der Waals surface area (Å²) in [5, 5.41) is 0. The number of carbonyl (C=O) groups excluding carboxylic acids is 1. The summed E-state index contributed by atoms with van der Waals surface area (Å²) in [6.45, 7) is 1.59. The molecule has 2 heterocycles. The molecule has 1 fully saturated rings. The predicted octanol–water partition coefficient (Wildman–Crippen LogP) is 1.55. The summed E-state index contributed by atoms with van der Waals surface area (Å²) in [7, 11) is 0. The Balaban J connectivity index is 1.86. The lowest BCUT2D eigenvalue weighted by molar-refractivity contribution is 0.0989. The molecule has 3 rings (SSSR count). The third kappa shape index (κ3) is 3.51. The number of piperidine rings is 1. The van der Waals surface area contributed by atoms with E-state index >= 15 is 0 Å². The van der Waals surface area contributed by atoms with E-state index in [9.17, 15) is 9.18 Å². The molecular weight excluding hydrogens is 309 g/mol. The van der Waals surface area contributed by atoms with Gasteiger partial charge in [-0.3, -0.25) is 4.79 Å². The van der Waals surface area contributed by atoms with Crippen molar-refractivity contribution < 1.29 is 9.18 Å². The van der Waals surface area contributed by atoms with Crippen LogP contribution in [0.25, 0.3) is 0 Å². The Morgan fingerprint density at radius 3 is 2.67 bits per heavy atom. The van der Waals surface area contributed by atoms with Crippen molar-refractivity contribution in [2.75, 3.05) is 23.7 Å². The lowest BCUT2D eigenvalue weighted by atomic mass is 10.0. The van der Waals surface area contributed by atoms with Gasteiger partial charge in [-0.2, -0.15) is 0 Å². The summed E-state index contributed by atoms with van der Waals surface area (Å²) in [5.74, 6) is -0.562. The minimum atomic E-state index is -0.373. The molecule has 7 heteroatoms. The average Bonchev–Trinajstić information content (AvgIpc) is 2.56. The van der Waals surface area contributed by atoms with Crippen molar-refractivity contribution in [1.29, 1.82) is 0 Å². The molecule has 1 aliphatic heterocycles.